The van der Waals surface area contributed by atoms with Crippen molar-refractivity contribution in [3.63, 3.8) is 0 Å². The van der Waals surface area contributed by atoms with E-state index in [0.717, 1.165) is 22.6 Å². The first-order valence-electron chi connectivity index (χ1n) is 5.51. The van der Waals surface area contributed by atoms with Crippen molar-refractivity contribution in [3.05, 3.63) is 53.2 Å². The highest BCUT2D eigenvalue weighted by atomic mass is 16.3. The van der Waals surface area contributed by atoms with Crippen LogP contribution in [0.5, 0.6) is 0 Å². The molecule has 0 radical (unpaired) electrons. The largest absolute Gasteiger partial charge is 0.392 e. The van der Waals surface area contributed by atoms with Gasteiger partial charge >= 0.3 is 0 Å². The van der Waals surface area contributed by atoms with Gasteiger partial charge < -0.3 is 10.4 Å². The molecule has 4 nitrogen and oxygen atoms in total. The molecule has 88 valence electrons. The predicted octanol–water partition coefficient (Wildman–Crippen LogP) is 1.89. The van der Waals surface area contributed by atoms with Crippen LogP contribution in [0.3, 0.4) is 0 Å². The number of nitrogens with one attached hydrogen (secondary N) is 1. The average molecular weight is 229 g/mol. The van der Waals surface area contributed by atoms with Gasteiger partial charge in [-0.25, -0.2) is 0 Å². The highest BCUT2D eigenvalue weighted by molar-refractivity contribution is 5.35. The molecular formula is C13H15N3O. The minimum absolute atomic E-state index is 0.0676. The fourth-order valence-corrected chi connectivity index (χ4v) is 1.52. The Balaban J connectivity index is 1.99. The minimum Gasteiger partial charge on any atom is -0.392 e. The van der Waals surface area contributed by atoms with Gasteiger partial charge in [0.25, 0.3) is 0 Å². The normalized spacial score (nSPS) is 10.2. The lowest BCUT2D eigenvalue weighted by Gasteiger charge is -2.06. The second-order valence-corrected chi connectivity index (χ2v) is 3.89. The summed E-state index contributed by atoms with van der Waals surface area (Å²) in [7, 11) is 0. The van der Waals surface area contributed by atoms with Gasteiger partial charge in [-0.15, -0.1) is 5.10 Å². The van der Waals surface area contributed by atoms with Gasteiger partial charge in [0.1, 0.15) is 5.82 Å². The van der Waals surface area contributed by atoms with Crippen molar-refractivity contribution in [2.75, 3.05) is 5.32 Å². The van der Waals surface area contributed by atoms with E-state index in [1.54, 1.807) is 0 Å². The molecule has 0 atom stereocenters. The summed E-state index contributed by atoms with van der Waals surface area (Å²) in [4.78, 5) is 0. The number of anilines is 1. The molecular weight excluding hydrogens is 214 g/mol. The van der Waals surface area contributed by atoms with Crippen LogP contribution >= 0.6 is 0 Å². The summed E-state index contributed by atoms with van der Waals surface area (Å²) in [6.45, 7) is 2.64. The van der Waals surface area contributed by atoms with E-state index >= 15 is 0 Å². The molecule has 1 heterocycles. The van der Waals surface area contributed by atoms with Crippen LogP contribution in [0.15, 0.2) is 36.4 Å². The maximum atomic E-state index is 9.04. The molecule has 0 fully saturated rings. The van der Waals surface area contributed by atoms with Crippen LogP contribution in [0.4, 0.5) is 5.82 Å². The maximum Gasteiger partial charge on any atom is 0.148 e. The molecule has 0 aliphatic heterocycles. The smallest absolute Gasteiger partial charge is 0.148 e. The molecule has 0 unspecified atom stereocenters. The maximum absolute atomic E-state index is 9.04. The highest BCUT2D eigenvalue weighted by Crippen LogP contribution is 2.08. The van der Waals surface area contributed by atoms with Crippen molar-refractivity contribution in [3.8, 4) is 0 Å². The summed E-state index contributed by atoms with van der Waals surface area (Å²) < 4.78 is 0. The molecule has 2 N–H and O–H groups in total. The van der Waals surface area contributed by atoms with Crippen LogP contribution < -0.4 is 5.32 Å². The molecule has 17 heavy (non-hydrogen) atoms. The van der Waals surface area contributed by atoms with Gasteiger partial charge in [0.2, 0.25) is 0 Å². The van der Waals surface area contributed by atoms with Gasteiger partial charge in [0.05, 0.1) is 12.3 Å². The third kappa shape index (κ3) is 3.26. The minimum atomic E-state index is 0.0676. The topological polar surface area (TPSA) is 58.0 Å². The van der Waals surface area contributed by atoms with Crippen LogP contribution in [-0.2, 0) is 13.2 Å². The number of nitrogens with zero attached hydrogens (tertiary/aromatic N) is 2. The zero-order chi connectivity index (χ0) is 12.1. The monoisotopic (exact) mass is 229 g/mol. The summed E-state index contributed by atoms with van der Waals surface area (Å²) in [6.07, 6.45) is 0. The van der Waals surface area contributed by atoms with Gasteiger partial charge in [-0.1, -0.05) is 24.3 Å². The number of hydrogen-bond acceptors (Lipinski definition) is 4. The molecule has 0 bridgehead atoms. The van der Waals surface area contributed by atoms with Gasteiger partial charge in [-0.05, 0) is 30.2 Å². The van der Waals surface area contributed by atoms with E-state index in [-0.39, 0.29) is 6.61 Å². The third-order valence-corrected chi connectivity index (χ3v) is 2.45. The molecule has 1 aromatic carbocycles. The first-order chi connectivity index (χ1) is 8.28. The summed E-state index contributed by atoms with van der Waals surface area (Å²) in [5, 5.41) is 20.2. The molecule has 2 rings (SSSR count). The zero-order valence-corrected chi connectivity index (χ0v) is 9.72. The fraction of sp³-hybridized carbons (Fsp3) is 0.231. The molecule has 0 saturated heterocycles. The lowest BCUT2D eigenvalue weighted by molar-refractivity contribution is 0.281. The van der Waals surface area contributed by atoms with Crippen molar-refractivity contribution < 1.29 is 5.11 Å². The standard InChI is InChI=1S/C13H15N3O/c1-10-5-6-13(16-15-10)14-8-11-3-2-4-12(7-11)9-17/h2-7,17H,8-9H2,1H3,(H,14,16). The molecule has 0 amide bonds. The average Bonchev–Trinajstić information content (AvgIpc) is 2.38. The second kappa shape index (κ2) is 5.41. The number of aliphatic hydroxyl groups excluding tert-OH is 1. The van der Waals surface area contributed by atoms with Crippen LogP contribution in [-0.4, -0.2) is 15.3 Å². The van der Waals surface area contributed by atoms with Crippen LogP contribution in [0.2, 0.25) is 0 Å². The Hall–Kier alpha value is -1.94. The number of rotatable bonds is 4. The van der Waals surface area contributed by atoms with E-state index in [2.05, 4.69) is 15.5 Å². The number of aromatic nitrogens is 2. The molecule has 0 aliphatic rings. The predicted molar refractivity (Wildman–Crippen MR) is 66.5 cm³/mol. The summed E-state index contributed by atoms with van der Waals surface area (Å²) in [5.41, 5.74) is 2.93. The lowest BCUT2D eigenvalue weighted by Crippen LogP contribution is -2.03. The Morgan fingerprint density at radius 3 is 2.65 bits per heavy atom. The third-order valence-electron chi connectivity index (χ3n) is 2.45. The van der Waals surface area contributed by atoms with E-state index < -0.39 is 0 Å². The van der Waals surface area contributed by atoms with Gasteiger partial charge in [0, 0.05) is 6.54 Å². The molecule has 2 aromatic rings. The summed E-state index contributed by atoms with van der Waals surface area (Å²) >= 11 is 0. The molecule has 0 aliphatic carbocycles. The van der Waals surface area contributed by atoms with E-state index in [4.69, 9.17) is 5.11 Å². The zero-order valence-electron chi connectivity index (χ0n) is 9.72. The van der Waals surface area contributed by atoms with Crippen molar-refractivity contribution >= 4 is 5.82 Å². The van der Waals surface area contributed by atoms with Crippen LogP contribution in [0.1, 0.15) is 16.8 Å². The SMILES string of the molecule is Cc1ccc(NCc2cccc(CO)c2)nn1. The fourth-order valence-electron chi connectivity index (χ4n) is 1.52. The summed E-state index contributed by atoms with van der Waals surface area (Å²) in [5.74, 6) is 0.755. The Morgan fingerprint density at radius 2 is 1.94 bits per heavy atom. The van der Waals surface area contributed by atoms with Crippen molar-refractivity contribution in [1.82, 2.24) is 10.2 Å². The Morgan fingerprint density at radius 1 is 1.12 bits per heavy atom. The first kappa shape index (κ1) is 11.5. The Kier molecular flexibility index (Phi) is 3.67. The number of benzene rings is 1. The molecule has 0 saturated carbocycles. The van der Waals surface area contributed by atoms with Crippen LogP contribution in [0.25, 0.3) is 0 Å². The molecule has 0 spiro atoms. The number of aliphatic hydroxyl groups is 1. The van der Waals surface area contributed by atoms with E-state index in [9.17, 15) is 0 Å². The number of hydrogen-bond donors (Lipinski definition) is 2. The van der Waals surface area contributed by atoms with Gasteiger partial charge in [-0.2, -0.15) is 5.10 Å². The van der Waals surface area contributed by atoms with Gasteiger partial charge in [-0.3, -0.25) is 0 Å². The second-order valence-electron chi connectivity index (χ2n) is 3.89. The van der Waals surface area contributed by atoms with E-state index in [1.807, 2.05) is 43.3 Å². The van der Waals surface area contributed by atoms with Gasteiger partial charge in [0.15, 0.2) is 0 Å². The Labute approximate surface area is 100 Å². The van der Waals surface area contributed by atoms with E-state index in [0.29, 0.717) is 6.54 Å². The number of aryl methyl sites for hydroxylation is 1. The first-order valence-corrected chi connectivity index (χ1v) is 5.51. The van der Waals surface area contributed by atoms with Crippen LogP contribution in [0, 0.1) is 6.92 Å². The lowest BCUT2D eigenvalue weighted by atomic mass is 10.1. The van der Waals surface area contributed by atoms with Crippen molar-refractivity contribution in [2.24, 2.45) is 0 Å². The molecule has 4 heteroatoms. The Bertz CT molecular complexity index is 482. The molecule has 1 aromatic heterocycles. The van der Waals surface area contributed by atoms with Crippen molar-refractivity contribution in [2.45, 2.75) is 20.1 Å². The summed E-state index contributed by atoms with van der Waals surface area (Å²) in [6, 6.07) is 11.6. The highest BCUT2D eigenvalue weighted by Gasteiger charge is 1.97. The quantitative estimate of drug-likeness (QED) is 0.840. The van der Waals surface area contributed by atoms with Crippen molar-refractivity contribution in [1.29, 1.82) is 0 Å². The van der Waals surface area contributed by atoms with E-state index in [1.165, 1.54) is 0 Å².